The van der Waals surface area contributed by atoms with Gasteiger partial charge in [-0.05, 0) is 70.8 Å². The van der Waals surface area contributed by atoms with Crippen LogP contribution in [0.4, 0.5) is 0 Å². The molecule has 10 rings (SSSR count). The van der Waals surface area contributed by atoms with Gasteiger partial charge >= 0.3 is 0 Å². The minimum absolute atomic E-state index is 0.951. The van der Waals surface area contributed by atoms with Gasteiger partial charge in [-0.15, -0.1) is 0 Å². The maximum atomic E-state index is 5.11. The molecule has 0 saturated heterocycles. The number of hydrogen-bond donors (Lipinski definition) is 3. The van der Waals surface area contributed by atoms with E-state index >= 15 is 0 Å². The molecule has 4 heterocycles. The summed E-state index contributed by atoms with van der Waals surface area (Å²) in [6.07, 6.45) is 1.95. The summed E-state index contributed by atoms with van der Waals surface area (Å²) in [6.45, 7) is 0. The van der Waals surface area contributed by atoms with Gasteiger partial charge in [0.1, 0.15) is 0 Å². The van der Waals surface area contributed by atoms with Gasteiger partial charge in [-0.25, -0.2) is 0 Å². The van der Waals surface area contributed by atoms with Crippen LogP contribution in [0.1, 0.15) is 0 Å². The summed E-state index contributed by atoms with van der Waals surface area (Å²) in [5.74, 6) is 0. The Morgan fingerprint density at radius 3 is 1.44 bits per heavy atom. The molecule has 45 heavy (non-hydrogen) atoms. The van der Waals surface area contributed by atoms with Gasteiger partial charge in [-0.2, -0.15) is 0 Å². The molecule has 0 unspecified atom stereocenters. The first-order chi connectivity index (χ1) is 22.3. The third-order valence-electron chi connectivity index (χ3n) is 9.36. The van der Waals surface area contributed by atoms with E-state index in [2.05, 4.69) is 148 Å². The number of rotatable bonds is 3. The van der Waals surface area contributed by atoms with Crippen LogP contribution in [0.3, 0.4) is 0 Å². The molecule has 0 aliphatic rings. The van der Waals surface area contributed by atoms with Crippen LogP contribution in [-0.4, -0.2) is 19.9 Å². The summed E-state index contributed by atoms with van der Waals surface area (Å²) in [6, 6.07) is 47.8. The fourth-order valence-electron chi connectivity index (χ4n) is 7.28. The summed E-state index contributed by atoms with van der Waals surface area (Å²) in [7, 11) is 0. The Balaban J connectivity index is 1.30. The molecule has 0 radical (unpaired) electrons. The molecule has 0 spiro atoms. The third-order valence-corrected chi connectivity index (χ3v) is 9.36. The van der Waals surface area contributed by atoms with Crippen molar-refractivity contribution < 1.29 is 0 Å². The van der Waals surface area contributed by atoms with Gasteiger partial charge in [-0.3, -0.25) is 4.98 Å². The smallest absolute Gasteiger partial charge is 0.0955 e. The van der Waals surface area contributed by atoms with Crippen molar-refractivity contribution in [3.8, 4) is 33.5 Å². The van der Waals surface area contributed by atoms with Gasteiger partial charge in [0.15, 0.2) is 0 Å². The molecular formula is C41H26N4. The highest BCUT2D eigenvalue weighted by Gasteiger charge is 2.20. The van der Waals surface area contributed by atoms with Gasteiger partial charge in [0.2, 0.25) is 0 Å². The summed E-state index contributed by atoms with van der Waals surface area (Å²) < 4.78 is 0. The number of benzene rings is 6. The normalized spacial score (nSPS) is 12.0. The lowest BCUT2D eigenvalue weighted by Crippen LogP contribution is -1.94. The van der Waals surface area contributed by atoms with Crippen LogP contribution in [0.2, 0.25) is 0 Å². The van der Waals surface area contributed by atoms with Crippen LogP contribution < -0.4 is 0 Å². The fraction of sp³-hybridized carbons (Fsp3) is 0. The first-order valence-corrected chi connectivity index (χ1v) is 15.3. The maximum absolute atomic E-state index is 5.11. The Morgan fingerprint density at radius 2 is 0.867 bits per heavy atom. The van der Waals surface area contributed by atoms with Crippen molar-refractivity contribution in [3.63, 3.8) is 0 Å². The van der Waals surface area contributed by atoms with E-state index in [-0.39, 0.29) is 0 Å². The second-order valence-electron chi connectivity index (χ2n) is 11.8. The Labute approximate surface area is 258 Å². The first kappa shape index (κ1) is 24.3. The van der Waals surface area contributed by atoms with Crippen LogP contribution in [0.15, 0.2) is 140 Å². The largest absolute Gasteiger partial charge is 0.355 e. The number of hydrogen-bond acceptors (Lipinski definition) is 1. The Bertz CT molecular complexity index is 2640. The van der Waals surface area contributed by atoms with Crippen molar-refractivity contribution >= 4 is 65.4 Å². The summed E-state index contributed by atoms with van der Waals surface area (Å²) in [5.41, 5.74) is 13.4. The average molecular weight is 575 g/mol. The zero-order valence-corrected chi connectivity index (χ0v) is 24.2. The van der Waals surface area contributed by atoms with E-state index in [0.29, 0.717) is 0 Å². The molecule has 4 aromatic heterocycles. The third kappa shape index (κ3) is 3.57. The molecule has 0 bridgehead atoms. The van der Waals surface area contributed by atoms with Gasteiger partial charge in [0, 0.05) is 71.7 Å². The predicted molar refractivity (Wildman–Crippen MR) is 189 cm³/mol. The summed E-state index contributed by atoms with van der Waals surface area (Å²) in [4.78, 5) is 16.0. The van der Waals surface area contributed by atoms with Gasteiger partial charge in [-0.1, -0.05) is 84.9 Å². The molecule has 0 aliphatic carbocycles. The zero-order valence-electron chi connectivity index (χ0n) is 24.2. The average Bonchev–Trinajstić information content (AvgIpc) is 3.78. The van der Waals surface area contributed by atoms with Crippen molar-refractivity contribution in [2.75, 3.05) is 0 Å². The van der Waals surface area contributed by atoms with Crippen LogP contribution in [0.25, 0.3) is 98.9 Å². The van der Waals surface area contributed by atoms with E-state index in [9.17, 15) is 0 Å². The topological polar surface area (TPSA) is 60.3 Å². The van der Waals surface area contributed by atoms with E-state index in [0.717, 1.165) is 66.6 Å². The quantitative estimate of drug-likeness (QED) is 0.193. The lowest BCUT2D eigenvalue weighted by Gasteiger charge is -2.17. The molecule has 0 saturated carbocycles. The Hall–Kier alpha value is -6.13. The number of nitrogens with zero attached hydrogens (tertiary/aromatic N) is 1. The number of aromatic amines is 3. The minimum Gasteiger partial charge on any atom is -0.355 e. The molecule has 4 heteroatoms. The molecule has 0 fully saturated rings. The predicted octanol–water partition coefficient (Wildman–Crippen LogP) is 11.0. The fourth-order valence-corrected chi connectivity index (χ4v) is 7.28. The maximum Gasteiger partial charge on any atom is 0.0955 e. The summed E-state index contributed by atoms with van der Waals surface area (Å²) in [5, 5.41) is 7.28. The second kappa shape index (κ2) is 9.18. The Kier molecular flexibility index (Phi) is 4.96. The molecule has 0 amide bonds. The second-order valence-corrected chi connectivity index (χ2v) is 11.8. The van der Waals surface area contributed by atoms with Crippen molar-refractivity contribution in [2.45, 2.75) is 0 Å². The molecule has 0 atom stereocenters. The van der Waals surface area contributed by atoms with Crippen LogP contribution in [-0.2, 0) is 0 Å². The number of para-hydroxylation sites is 3. The standard InChI is InChI=1S/C41H26N4/c1-6-15-36-28(8-1)31-20-21-42-41(40(31)45-36)39-26(24-16-18-37-32(22-24)29-9-2-4-13-34(29)43-37)11-7-12-27(39)25-17-19-38-33(23-25)30-10-3-5-14-35(30)44-38/h1-23,43-45H. The number of fused-ring (bicyclic) bond motifs is 9. The van der Waals surface area contributed by atoms with Crippen molar-refractivity contribution in [2.24, 2.45) is 0 Å². The highest BCUT2D eigenvalue weighted by molar-refractivity contribution is 6.15. The molecule has 4 nitrogen and oxygen atoms in total. The molecule has 3 N–H and O–H groups in total. The highest BCUT2D eigenvalue weighted by Crippen LogP contribution is 2.44. The monoisotopic (exact) mass is 574 g/mol. The van der Waals surface area contributed by atoms with Crippen LogP contribution >= 0.6 is 0 Å². The highest BCUT2D eigenvalue weighted by atomic mass is 14.8. The van der Waals surface area contributed by atoms with E-state index in [1.54, 1.807) is 0 Å². The van der Waals surface area contributed by atoms with E-state index in [1.165, 1.54) is 32.3 Å². The van der Waals surface area contributed by atoms with Crippen molar-refractivity contribution in [1.82, 2.24) is 19.9 Å². The Morgan fingerprint density at radius 1 is 0.378 bits per heavy atom. The number of pyridine rings is 1. The lowest BCUT2D eigenvalue weighted by molar-refractivity contribution is 1.34. The lowest BCUT2D eigenvalue weighted by atomic mass is 9.88. The van der Waals surface area contributed by atoms with Crippen LogP contribution in [0.5, 0.6) is 0 Å². The van der Waals surface area contributed by atoms with Crippen LogP contribution in [0, 0.1) is 0 Å². The van der Waals surface area contributed by atoms with Gasteiger partial charge < -0.3 is 15.0 Å². The zero-order chi connectivity index (χ0) is 29.5. The number of H-pyrrole nitrogens is 3. The molecule has 10 aromatic rings. The number of aromatic nitrogens is 4. The van der Waals surface area contributed by atoms with E-state index in [1.807, 2.05) is 6.20 Å². The van der Waals surface area contributed by atoms with Gasteiger partial charge in [0.25, 0.3) is 0 Å². The summed E-state index contributed by atoms with van der Waals surface area (Å²) >= 11 is 0. The van der Waals surface area contributed by atoms with E-state index < -0.39 is 0 Å². The molecular weight excluding hydrogens is 548 g/mol. The minimum atomic E-state index is 0.951. The van der Waals surface area contributed by atoms with Crippen molar-refractivity contribution in [1.29, 1.82) is 0 Å². The van der Waals surface area contributed by atoms with E-state index in [4.69, 9.17) is 4.98 Å². The molecule has 210 valence electrons. The molecule has 0 aliphatic heterocycles. The van der Waals surface area contributed by atoms with Gasteiger partial charge in [0.05, 0.1) is 11.2 Å². The van der Waals surface area contributed by atoms with Crippen molar-refractivity contribution in [3.05, 3.63) is 140 Å². The first-order valence-electron chi connectivity index (χ1n) is 15.3. The molecule has 6 aromatic carbocycles. The number of nitrogens with one attached hydrogen (secondary N) is 3. The SMILES string of the molecule is c1cc(-c2ccc3[nH]c4ccccc4c3c2)c(-c2nccc3c2[nH]c2ccccc23)c(-c2ccc3[nH]c4ccccc4c3c2)c1.